The van der Waals surface area contributed by atoms with Crippen LogP contribution in [0.4, 0.5) is 8.78 Å². The summed E-state index contributed by atoms with van der Waals surface area (Å²) >= 11 is 0. The average molecular weight is 305 g/mol. The Morgan fingerprint density at radius 1 is 1.57 bits per heavy atom. The van der Waals surface area contributed by atoms with Crippen molar-refractivity contribution in [2.75, 3.05) is 6.61 Å². The summed E-state index contributed by atoms with van der Waals surface area (Å²) in [5, 5.41) is 21.6. The van der Waals surface area contributed by atoms with E-state index < -0.39 is 41.8 Å². The second-order valence-corrected chi connectivity index (χ2v) is 4.26. The zero-order chi connectivity index (χ0) is 15.8. The Hall–Kier alpha value is -2.27. The quantitative estimate of drug-likeness (QED) is 0.373. The second-order valence-electron chi connectivity index (χ2n) is 4.26. The highest BCUT2D eigenvalue weighted by Gasteiger charge is 2.67. The molecule has 10 nitrogen and oxygen atoms in total. The van der Waals surface area contributed by atoms with Gasteiger partial charge in [-0.1, -0.05) is 5.11 Å². The van der Waals surface area contributed by atoms with E-state index in [2.05, 4.69) is 10.0 Å². The summed E-state index contributed by atoms with van der Waals surface area (Å²) in [6.45, 7) is -1.23. The van der Waals surface area contributed by atoms with E-state index in [-0.39, 0.29) is 0 Å². The molecule has 2 heterocycles. The molecule has 3 atom stereocenters. The Morgan fingerprint density at radius 2 is 2.24 bits per heavy atom. The molecule has 0 spiro atoms. The van der Waals surface area contributed by atoms with Gasteiger partial charge in [0, 0.05) is 17.2 Å². The van der Waals surface area contributed by atoms with Gasteiger partial charge in [0.2, 0.25) is 12.0 Å². The lowest BCUT2D eigenvalue weighted by Crippen LogP contribution is -2.47. The molecule has 1 aromatic rings. The molecule has 0 aliphatic carbocycles. The monoisotopic (exact) mass is 305 g/mol. The Balaban J connectivity index is 2.58. The van der Waals surface area contributed by atoms with E-state index in [9.17, 15) is 23.5 Å². The van der Waals surface area contributed by atoms with Crippen LogP contribution in [0.5, 0.6) is 0 Å². The van der Waals surface area contributed by atoms with Gasteiger partial charge in [-0.3, -0.25) is 14.3 Å². The summed E-state index contributed by atoms with van der Waals surface area (Å²) in [7, 11) is 0. The van der Waals surface area contributed by atoms with Crippen molar-refractivity contribution in [3.8, 4) is 0 Å². The lowest BCUT2D eigenvalue weighted by molar-refractivity contribution is -0.144. The first-order valence-electron chi connectivity index (χ1n) is 5.51. The third-order valence-corrected chi connectivity index (χ3v) is 2.98. The van der Waals surface area contributed by atoms with Crippen LogP contribution in [0.2, 0.25) is 0 Å². The normalized spacial score (nSPS) is 30.9. The Labute approximate surface area is 113 Å². The fraction of sp³-hybridized carbons (Fsp3) is 0.556. The number of aliphatic hydroxyl groups is 2. The molecule has 0 unspecified atom stereocenters. The second kappa shape index (κ2) is 4.93. The van der Waals surface area contributed by atoms with Crippen molar-refractivity contribution in [2.45, 2.75) is 24.0 Å². The van der Waals surface area contributed by atoms with Crippen LogP contribution in [0, 0.1) is 0 Å². The van der Waals surface area contributed by atoms with E-state index in [1.807, 2.05) is 0 Å². The van der Waals surface area contributed by atoms with Gasteiger partial charge >= 0.3 is 11.6 Å². The number of azide groups is 1. The molecule has 0 radical (unpaired) electrons. The number of ether oxygens (including phenoxy) is 1. The van der Waals surface area contributed by atoms with E-state index in [0.29, 0.717) is 4.57 Å². The van der Waals surface area contributed by atoms with Crippen LogP contribution in [0.15, 0.2) is 27.0 Å². The summed E-state index contributed by atoms with van der Waals surface area (Å²) in [6, 6.07) is 0.791. The Bertz CT molecular complexity index is 711. The number of rotatable bonds is 3. The third-order valence-electron chi connectivity index (χ3n) is 2.98. The first-order valence-corrected chi connectivity index (χ1v) is 5.51. The lowest BCUT2D eigenvalue weighted by Gasteiger charge is -2.23. The molecule has 1 aliphatic rings. The van der Waals surface area contributed by atoms with Gasteiger partial charge in [-0.25, -0.2) is 4.79 Å². The SMILES string of the molecule is [N-]=[N+]=N[C@]1(CO)O[C@@H](n2ccc(=O)[nH]c2=O)C(F)(F)[C@@H]1O. The summed E-state index contributed by atoms with van der Waals surface area (Å²) < 4.78 is 33.2. The van der Waals surface area contributed by atoms with Crippen molar-refractivity contribution < 1.29 is 23.7 Å². The van der Waals surface area contributed by atoms with Gasteiger partial charge in [0.1, 0.15) is 0 Å². The predicted octanol–water partition coefficient (Wildman–Crippen LogP) is -0.939. The highest BCUT2D eigenvalue weighted by atomic mass is 19.3. The molecular formula is C9H9F2N5O5. The molecule has 0 amide bonds. The van der Waals surface area contributed by atoms with Crippen molar-refractivity contribution >= 4 is 0 Å². The summed E-state index contributed by atoms with van der Waals surface area (Å²) in [5.41, 5.74) is 3.68. The number of aromatic amines is 1. The van der Waals surface area contributed by atoms with Crippen LogP contribution in [0.25, 0.3) is 10.4 Å². The van der Waals surface area contributed by atoms with E-state index in [1.54, 1.807) is 4.98 Å². The molecule has 0 saturated carbocycles. The van der Waals surface area contributed by atoms with Crippen molar-refractivity contribution in [1.29, 1.82) is 0 Å². The molecule has 1 aliphatic heterocycles. The zero-order valence-corrected chi connectivity index (χ0v) is 10.2. The van der Waals surface area contributed by atoms with Crippen LogP contribution in [0.1, 0.15) is 6.23 Å². The Morgan fingerprint density at radius 3 is 2.76 bits per heavy atom. The fourth-order valence-electron chi connectivity index (χ4n) is 1.94. The molecule has 0 aromatic carbocycles. The number of nitrogens with one attached hydrogen (secondary N) is 1. The van der Waals surface area contributed by atoms with Gasteiger partial charge < -0.3 is 14.9 Å². The number of H-pyrrole nitrogens is 1. The number of hydrogen-bond donors (Lipinski definition) is 3. The number of aliphatic hydroxyl groups excluding tert-OH is 2. The molecule has 3 N–H and O–H groups in total. The first-order chi connectivity index (χ1) is 9.78. The van der Waals surface area contributed by atoms with Crippen LogP contribution >= 0.6 is 0 Å². The molecule has 21 heavy (non-hydrogen) atoms. The minimum atomic E-state index is -4.06. The number of hydrogen-bond acceptors (Lipinski definition) is 6. The average Bonchev–Trinajstić information content (AvgIpc) is 2.61. The van der Waals surface area contributed by atoms with E-state index >= 15 is 0 Å². The summed E-state index contributed by atoms with van der Waals surface area (Å²) in [4.78, 5) is 26.4. The maximum atomic E-state index is 14.1. The van der Waals surface area contributed by atoms with Gasteiger partial charge in [-0.2, -0.15) is 8.78 Å². The van der Waals surface area contributed by atoms with Gasteiger partial charge in [-0.15, -0.1) is 0 Å². The van der Waals surface area contributed by atoms with Gasteiger partial charge in [0.25, 0.3) is 5.56 Å². The lowest BCUT2D eigenvalue weighted by atomic mass is 10.1. The summed E-state index contributed by atoms with van der Waals surface area (Å²) in [5.74, 6) is -4.06. The van der Waals surface area contributed by atoms with Crippen LogP contribution in [0.3, 0.4) is 0 Å². The van der Waals surface area contributed by atoms with E-state index in [0.717, 1.165) is 12.3 Å². The molecular weight excluding hydrogens is 296 g/mol. The highest BCUT2D eigenvalue weighted by Crippen LogP contribution is 2.48. The highest BCUT2D eigenvalue weighted by molar-refractivity contribution is 5.05. The van der Waals surface area contributed by atoms with Crippen LogP contribution in [-0.4, -0.2) is 44.1 Å². The third kappa shape index (κ3) is 2.19. The smallest absolute Gasteiger partial charge is 0.330 e. The van der Waals surface area contributed by atoms with Crippen LogP contribution < -0.4 is 11.2 Å². The Kier molecular flexibility index (Phi) is 3.55. The van der Waals surface area contributed by atoms with Crippen LogP contribution in [-0.2, 0) is 4.74 Å². The van der Waals surface area contributed by atoms with Crippen molar-refractivity contribution in [3.63, 3.8) is 0 Å². The molecule has 0 bridgehead atoms. The summed E-state index contributed by atoms with van der Waals surface area (Å²) in [6.07, 6.45) is -4.32. The van der Waals surface area contributed by atoms with Crippen molar-refractivity contribution in [2.24, 2.45) is 5.11 Å². The molecule has 2 rings (SSSR count). The topological polar surface area (TPSA) is 153 Å². The van der Waals surface area contributed by atoms with Crippen molar-refractivity contribution in [1.82, 2.24) is 9.55 Å². The minimum absolute atomic E-state index is 0.314. The van der Waals surface area contributed by atoms with Gasteiger partial charge in [-0.05, 0) is 5.53 Å². The number of aromatic nitrogens is 2. The van der Waals surface area contributed by atoms with E-state index in [1.165, 1.54) is 0 Å². The van der Waals surface area contributed by atoms with Gasteiger partial charge in [0.05, 0.1) is 6.61 Å². The molecule has 1 aromatic heterocycles. The fourth-order valence-corrected chi connectivity index (χ4v) is 1.94. The zero-order valence-electron chi connectivity index (χ0n) is 10.2. The number of alkyl halides is 2. The largest absolute Gasteiger partial charge is 0.393 e. The predicted molar refractivity (Wildman–Crippen MR) is 61.4 cm³/mol. The standard InChI is InChI=1S/C9H9F2N5O5/c10-9(11)5(19)8(3-17,14-15-12)21-6(9)16-2-1-4(18)13-7(16)20/h1-2,5-6,17,19H,3H2,(H,13,18,20)/t5-,6-,8-/m1/s1. The van der Waals surface area contributed by atoms with E-state index in [4.69, 9.17) is 15.4 Å². The van der Waals surface area contributed by atoms with Crippen molar-refractivity contribution in [3.05, 3.63) is 43.5 Å². The molecule has 1 fully saturated rings. The van der Waals surface area contributed by atoms with Gasteiger partial charge in [0.15, 0.2) is 6.10 Å². The number of nitrogens with zero attached hydrogens (tertiary/aromatic N) is 4. The first kappa shape index (κ1) is 15.1. The minimum Gasteiger partial charge on any atom is -0.393 e. The maximum Gasteiger partial charge on any atom is 0.330 e. The maximum absolute atomic E-state index is 14.1. The molecule has 12 heteroatoms. The molecule has 114 valence electrons. The molecule has 1 saturated heterocycles. The number of halogens is 2.